The van der Waals surface area contributed by atoms with Crippen molar-refractivity contribution in [3.63, 3.8) is 0 Å². The second-order valence-corrected chi connectivity index (χ2v) is 7.47. The molecule has 1 heterocycles. The molecule has 0 bridgehead atoms. The number of benzene rings is 2. The minimum absolute atomic E-state index is 0.423. The van der Waals surface area contributed by atoms with Gasteiger partial charge in [-0.2, -0.15) is 4.57 Å². The Morgan fingerprint density at radius 1 is 1.05 bits per heavy atom. The molecule has 0 radical (unpaired) electrons. The molecule has 0 saturated heterocycles. The van der Waals surface area contributed by atoms with Gasteiger partial charge in [-0.05, 0) is 11.6 Å². The van der Waals surface area contributed by atoms with E-state index in [-0.39, 0.29) is 0 Å². The van der Waals surface area contributed by atoms with E-state index in [1.807, 2.05) is 11.3 Å². The van der Waals surface area contributed by atoms with E-state index in [1.54, 1.807) is 30.3 Å². The summed E-state index contributed by atoms with van der Waals surface area (Å²) in [7, 11) is -2.02. The first-order valence-electron chi connectivity index (χ1n) is 6.68. The summed E-state index contributed by atoms with van der Waals surface area (Å²) in [6.45, 7) is 2.14. The molecular weight excluding hydrogens is 318 g/mol. The van der Waals surface area contributed by atoms with Crippen LogP contribution < -0.4 is 4.57 Å². The van der Waals surface area contributed by atoms with Crippen LogP contribution in [-0.4, -0.2) is 13.0 Å². The van der Waals surface area contributed by atoms with E-state index in [1.165, 1.54) is 15.2 Å². The van der Waals surface area contributed by atoms with Crippen LogP contribution in [0.4, 0.5) is 0 Å². The van der Waals surface area contributed by atoms with Gasteiger partial charge in [0, 0.05) is 13.0 Å². The number of nitrogens with zero attached hydrogens (tertiary/aromatic N) is 1. The van der Waals surface area contributed by atoms with Crippen LogP contribution in [0.15, 0.2) is 54.6 Å². The van der Waals surface area contributed by atoms with E-state index < -0.39 is 15.9 Å². The summed E-state index contributed by atoms with van der Waals surface area (Å²) in [4.78, 5) is 0. The average molecular weight is 335 g/mol. The maximum Gasteiger partial charge on any atom is 0.234 e. The van der Waals surface area contributed by atoms with E-state index in [2.05, 4.69) is 42.8 Å². The summed E-state index contributed by atoms with van der Waals surface area (Å²) in [6, 6.07) is 16.8. The fourth-order valence-electron chi connectivity index (χ4n) is 2.00. The molecule has 0 N–H and O–H groups in total. The molecule has 0 aliphatic rings. The van der Waals surface area contributed by atoms with Crippen molar-refractivity contribution in [3.05, 3.63) is 65.2 Å². The highest BCUT2D eigenvalue weighted by Gasteiger charge is 2.10. The van der Waals surface area contributed by atoms with E-state index in [0.717, 1.165) is 0 Å². The van der Waals surface area contributed by atoms with Crippen molar-refractivity contribution in [1.29, 1.82) is 0 Å². The third-order valence-electron chi connectivity index (χ3n) is 3.14. The summed E-state index contributed by atoms with van der Waals surface area (Å²) in [5.74, 6) is -0.423. The molecule has 0 aliphatic heterocycles. The summed E-state index contributed by atoms with van der Waals surface area (Å²) in [5.41, 5.74) is 1.86. The number of fused-ring (bicyclic) bond motifs is 1. The predicted octanol–water partition coefficient (Wildman–Crippen LogP) is 2.77. The first kappa shape index (κ1) is 16.6. The normalized spacial score (nSPS) is 11.0. The van der Waals surface area contributed by atoms with Gasteiger partial charge in [0.1, 0.15) is 11.7 Å². The number of hydrogen-bond donors (Lipinski definition) is 0. The zero-order chi connectivity index (χ0) is 16.2. The van der Waals surface area contributed by atoms with Gasteiger partial charge < -0.3 is 4.55 Å². The Bertz CT molecular complexity index is 855. The summed E-state index contributed by atoms with van der Waals surface area (Å²) in [6.07, 6.45) is 0. The fraction of sp³-hybridized carbons (Fsp3) is 0.188. The lowest BCUT2D eigenvalue weighted by Gasteiger charge is -2.05. The van der Waals surface area contributed by atoms with Crippen molar-refractivity contribution < 1.29 is 17.5 Å². The fourth-order valence-corrected chi connectivity index (χ4v) is 3.61. The molecule has 0 saturated carbocycles. The van der Waals surface area contributed by atoms with Crippen LogP contribution in [0.25, 0.3) is 10.2 Å². The second-order valence-electron chi connectivity index (χ2n) is 4.84. The smallest absolute Gasteiger partial charge is 0.234 e. The Morgan fingerprint density at radius 3 is 2.23 bits per heavy atom. The molecule has 3 rings (SSSR count). The van der Waals surface area contributed by atoms with Gasteiger partial charge in [0.25, 0.3) is 0 Å². The van der Waals surface area contributed by atoms with Crippen molar-refractivity contribution in [2.24, 2.45) is 7.05 Å². The lowest BCUT2D eigenvalue weighted by Crippen LogP contribution is -2.28. The Balaban J connectivity index is 0.000000160. The molecule has 0 spiro atoms. The molecule has 2 aromatic carbocycles. The van der Waals surface area contributed by atoms with Crippen molar-refractivity contribution in [1.82, 2.24) is 0 Å². The van der Waals surface area contributed by atoms with E-state index in [4.69, 9.17) is 0 Å². The van der Waals surface area contributed by atoms with Gasteiger partial charge >= 0.3 is 0 Å². The molecular formula is C16H17NO3S2. The van der Waals surface area contributed by atoms with Gasteiger partial charge in [0.05, 0.1) is 15.9 Å². The summed E-state index contributed by atoms with van der Waals surface area (Å²) < 4.78 is 34.3. The van der Waals surface area contributed by atoms with Crippen molar-refractivity contribution >= 4 is 31.7 Å². The highest BCUT2D eigenvalue weighted by atomic mass is 32.2. The monoisotopic (exact) mass is 335 g/mol. The summed E-state index contributed by atoms with van der Waals surface area (Å²) >= 11 is 1.84. The molecule has 0 amide bonds. The molecule has 6 heteroatoms. The maximum absolute atomic E-state index is 10.2. The molecule has 116 valence electrons. The van der Waals surface area contributed by atoms with Crippen LogP contribution in [0.5, 0.6) is 0 Å². The van der Waals surface area contributed by atoms with Gasteiger partial charge in [-0.25, -0.2) is 8.42 Å². The Morgan fingerprint density at radius 2 is 1.64 bits per heavy atom. The Labute approximate surface area is 134 Å². The first-order chi connectivity index (χ1) is 10.4. The van der Waals surface area contributed by atoms with Gasteiger partial charge in [0.2, 0.25) is 10.5 Å². The zero-order valence-corrected chi connectivity index (χ0v) is 14.0. The highest BCUT2D eigenvalue weighted by molar-refractivity contribution is 7.84. The third kappa shape index (κ3) is 4.62. The number of aromatic nitrogens is 1. The van der Waals surface area contributed by atoms with Crippen LogP contribution in [0.3, 0.4) is 0 Å². The molecule has 4 nitrogen and oxygen atoms in total. The number of hydrogen-bond acceptors (Lipinski definition) is 4. The highest BCUT2D eigenvalue weighted by Crippen LogP contribution is 2.17. The topological polar surface area (TPSA) is 61.1 Å². The van der Waals surface area contributed by atoms with Crippen LogP contribution in [0, 0.1) is 6.92 Å². The number of aryl methyl sites for hydroxylation is 2. The second kappa shape index (κ2) is 7.00. The molecule has 0 fully saturated rings. The van der Waals surface area contributed by atoms with E-state index in [9.17, 15) is 13.0 Å². The molecule has 1 aromatic heterocycles. The van der Waals surface area contributed by atoms with Crippen LogP contribution in [0.1, 0.15) is 10.6 Å². The van der Waals surface area contributed by atoms with Crippen molar-refractivity contribution in [2.75, 3.05) is 0 Å². The Hall–Kier alpha value is -1.76. The minimum atomic E-state index is -4.13. The minimum Gasteiger partial charge on any atom is -0.748 e. The van der Waals surface area contributed by atoms with Gasteiger partial charge in [-0.15, -0.1) is 0 Å². The van der Waals surface area contributed by atoms with Crippen LogP contribution >= 0.6 is 11.3 Å². The quantitative estimate of drug-likeness (QED) is 0.534. The van der Waals surface area contributed by atoms with Gasteiger partial charge in [-0.1, -0.05) is 53.8 Å². The zero-order valence-electron chi connectivity index (χ0n) is 12.4. The standard InChI is InChI=1S/C9H10NS.C7H8O3S/c1-7-10(2)8-5-3-4-6-9(8)11-7;8-11(9,10)6-7-4-2-1-3-5-7/h3-6H,1-2H3;1-5H,6H2,(H,8,9,10)/q+1;/p-1. The molecule has 0 unspecified atom stereocenters. The van der Waals surface area contributed by atoms with Gasteiger partial charge in [-0.3, -0.25) is 0 Å². The summed E-state index contributed by atoms with van der Waals surface area (Å²) in [5, 5.41) is 1.35. The maximum atomic E-state index is 10.2. The molecule has 0 atom stereocenters. The largest absolute Gasteiger partial charge is 0.748 e. The number of thiazole rings is 1. The van der Waals surface area contributed by atoms with Crippen molar-refractivity contribution in [2.45, 2.75) is 12.7 Å². The van der Waals surface area contributed by atoms with E-state index >= 15 is 0 Å². The third-order valence-corrected chi connectivity index (χ3v) is 4.96. The van der Waals surface area contributed by atoms with Crippen LogP contribution in [-0.2, 0) is 22.9 Å². The Kier molecular flexibility index (Phi) is 5.28. The van der Waals surface area contributed by atoms with E-state index in [0.29, 0.717) is 5.56 Å². The number of para-hydroxylation sites is 1. The molecule has 0 aliphatic carbocycles. The average Bonchev–Trinajstić information content (AvgIpc) is 2.75. The lowest BCUT2D eigenvalue weighted by atomic mass is 10.2. The SMILES string of the molecule is Cc1sc2ccccc2[n+]1C.O=S(=O)([O-])Cc1ccccc1. The van der Waals surface area contributed by atoms with Gasteiger partial charge in [0.15, 0.2) is 0 Å². The lowest BCUT2D eigenvalue weighted by molar-refractivity contribution is -0.646. The van der Waals surface area contributed by atoms with Crippen LogP contribution in [0.2, 0.25) is 0 Å². The number of rotatable bonds is 2. The predicted molar refractivity (Wildman–Crippen MR) is 87.6 cm³/mol. The molecule has 3 aromatic rings. The molecule has 22 heavy (non-hydrogen) atoms. The first-order valence-corrected chi connectivity index (χ1v) is 9.08. The van der Waals surface area contributed by atoms with Crippen molar-refractivity contribution in [3.8, 4) is 0 Å².